The van der Waals surface area contributed by atoms with Crippen molar-refractivity contribution in [3.05, 3.63) is 4.88 Å². The molecule has 1 aromatic rings. The summed E-state index contributed by atoms with van der Waals surface area (Å²) in [6, 6.07) is 0. The zero-order valence-corrected chi connectivity index (χ0v) is 13.2. The van der Waals surface area contributed by atoms with Crippen LogP contribution in [0.25, 0.3) is 0 Å². The van der Waals surface area contributed by atoms with E-state index < -0.39 is 0 Å². The van der Waals surface area contributed by atoms with E-state index in [0.29, 0.717) is 35.5 Å². The number of aliphatic hydroxyl groups excluding tert-OH is 1. The second kappa shape index (κ2) is 7.58. The van der Waals surface area contributed by atoms with Crippen LogP contribution in [0, 0.1) is 0 Å². The number of aromatic nitrogens is 1. The minimum atomic E-state index is -0.0417. The Labute approximate surface area is 128 Å². The van der Waals surface area contributed by atoms with Crippen LogP contribution in [0.3, 0.4) is 0 Å². The molecule has 1 aromatic heterocycles. The molecule has 0 radical (unpaired) electrons. The molecule has 8 heteroatoms. The average Bonchev–Trinajstić information content (AvgIpc) is 2.68. The molecule has 1 aliphatic heterocycles. The Morgan fingerprint density at radius 2 is 2.24 bits per heavy atom. The van der Waals surface area contributed by atoms with Crippen LogP contribution in [-0.2, 0) is 0 Å². The highest BCUT2D eigenvalue weighted by Crippen LogP contribution is 2.26. The molecular formula is C13H23N5O2S. The van der Waals surface area contributed by atoms with Gasteiger partial charge in [-0.25, -0.2) is 4.98 Å². The molecule has 1 saturated heterocycles. The first-order valence-corrected chi connectivity index (χ1v) is 8.10. The summed E-state index contributed by atoms with van der Waals surface area (Å²) in [6.07, 6.45) is 0.907. The highest BCUT2D eigenvalue weighted by atomic mass is 32.1. The topological polar surface area (TPSA) is 94.7 Å². The van der Waals surface area contributed by atoms with Gasteiger partial charge in [-0.15, -0.1) is 0 Å². The van der Waals surface area contributed by atoms with E-state index >= 15 is 0 Å². The van der Waals surface area contributed by atoms with Gasteiger partial charge in [0.1, 0.15) is 10.7 Å². The van der Waals surface area contributed by atoms with E-state index in [1.54, 1.807) is 0 Å². The van der Waals surface area contributed by atoms with E-state index in [9.17, 15) is 4.79 Å². The molecule has 7 nitrogen and oxygen atoms in total. The Hall–Kier alpha value is -1.38. The van der Waals surface area contributed by atoms with Crippen molar-refractivity contribution in [2.45, 2.75) is 13.3 Å². The summed E-state index contributed by atoms with van der Waals surface area (Å²) in [5.41, 5.74) is 5.86. The van der Waals surface area contributed by atoms with E-state index in [0.717, 1.165) is 26.1 Å². The Kier molecular flexibility index (Phi) is 5.77. The number of hydrogen-bond donors (Lipinski definition) is 3. The Bertz CT molecular complexity index is 479. The van der Waals surface area contributed by atoms with Crippen molar-refractivity contribution in [3.8, 4) is 0 Å². The zero-order chi connectivity index (χ0) is 15.2. The third-order valence-electron chi connectivity index (χ3n) is 3.47. The molecule has 2 rings (SSSR count). The van der Waals surface area contributed by atoms with Crippen molar-refractivity contribution in [1.29, 1.82) is 0 Å². The molecule has 0 unspecified atom stereocenters. The fourth-order valence-corrected chi connectivity index (χ4v) is 3.32. The third kappa shape index (κ3) is 4.05. The normalized spacial score (nSPS) is 16.8. The predicted octanol–water partition coefficient (Wildman–Crippen LogP) is 0.297. The number of nitrogens with one attached hydrogen (secondary N) is 1. The number of nitrogens with two attached hydrogens (primary N) is 1. The second-order valence-electron chi connectivity index (χ2n) is 4.97. The lowest BCUT2D eigenvalue weighted by atomic mass is 10.3. The van der Waals surface area contributed by atoms with Gasteiger partial charge >= 0.3 is 0 Å². The van der Waals surface area contributed by atoms with E-state index in [4.69, 9.17) is 10.8 Å². The number of β-amino-alcohol motifs (C(OH)–C–C–N with tert-alkyl or cyclic N) is 1. The molecule has 118 valence electrons. The fourth-order valence-electron chi connectivity index (χ4n) is 2.39. The smallest absolute Gasteiger partial charge is 0.267 e. The van der Waals surface area contributed by atoms with Gasteiger partial charge in [-0.2, -0.15) is 0 Å². The highest BCUT2D eigenvalue weighted by molar-refractivity contribution is 7.18. The summed E-state index contributed by atoms with van der Waals surface area (Å²) in [5.74, 6) is 0.261. The number of amides is 1. The van der Waals surface area contributed by atoms with E-state index in [-0.39, 0.29) is 12.5 Å². The molecule has 21 heavy (non-hydrogen) atoms. The van der Waals surface area contributed by atoms with Crippen LogP contribution < -0.4 is 11.1 Å². The fraction of sp³-hybridized carbons (Fsp3) is 0.692. The first kappa shape index (κ1) is 16.0. The molecule has 0 spiro atoms. The maximum atomic E-state index is 12.6. The molecule has 0 saturated carbocycles. The van der Waals surface area contributed by atoms with Gasteiger partial charge in [0.25, 0.3) is 5.91 Å². The lowest BCUT2D eigenvalue weighted by molar-refractivity contribution is 0.0766. The number of hydrogen-bond acceptors (Lipinski definition) is 7. The van der Waals surface area contributed by atoms with E-state index in [2.05, 4.69) is 15.2 Å². The number of carbonyl (C=O) groups excluding carboxylic acids is 1. The standard InChI is InChI=1S/C13H23N5O2S/c1-2-15-13-16-11(14)10(21-13)12(20)18-5-3-4-17(6-7-18)8-9-19/h19H,2-9,14H2,1H3,(H,15,16). The van der Waals surface area contributed by atoms with Gasteiger partial charge < -0.3 is 21.1 Å². The lowest BCUT2D eigenvalue weighted by Gasteiger charge is -2.21. The molecule has 2 heterocycles. The van der Waals surface area contributed by atoms with Crippen LogP contribution in [0.2, 0.25) is 0 Å². The number of aliphatic hydroxyl groups is 1. The summed E-state index contributed by atoms with van der Waals surface area (Å²) in [5, 5.41) is 12.8. The van der Waals surface area contributed by atoms with Gasteiger partial charge in [-0.3, -0.25) is 9.69 Å². The number of anilines is 2. The average molecular weight is 313 g/mol. The van der Waals surface area contributed by atoms with Crippen LogP contribution in [0.15, 0.2) is 0 Å². The Morgan fingerprint density at radius 3 is 2.95 bits per heavy atom. The minimum absolute atomic E-state index is 0.0417. The molecule has 1 fully saturated rings. The molecule has 4 N–H and O–H groups in total. The summed E-state index contributed by atoms with van der Waals surface area (Å²) >= 11 is 1.31. The number of nitrogens with zero attached hydrogens (tertiary/aromatic N) is 3. The predicted molar refractivity (Wildman–Crippen MR) is 84.7 cm³/mol. The van der Waals surface area contributed by atoms with Crippen LogP contribution in [0.5, 0.6) is 0 Å². The lowest BCUT2D eigenvalue weighted by Crippen LogP contribution is -2.35. The molecular weight excluding hydrogens is 290 g/mol. The molecule has 0 atom stereocenters. The highest BCUT2D eigenvalue weighted by Gasteiger charge is 2.24. The molecule has 1 amide bonds. The van der Waals surface area contributed by atoms with Crippen molar-refractivity contribution in [2.75, 3.05) is 56.9 Å². The maximum Gasteiger partial charge on any atom is 0.267 e. The van der Waals surface area contributed by atoms with E-state index in [1.165, 1.54) is 11.3 Å². The maximum absolute atomic E-state index is 12.6. The summed E-state index contributed by atoms with van der Waals surface area (Å²) in [6.45, 7) is 6.61. The van der Waals surface area contributed by atoms with Gasteiger partial charge in [0.2, 0.25) is 0 Å². The number of nitrogen functional groups attached to an aromatic ring is 1. The first-order valence-electron chi connectivity index (χ1n) is 7.28. The van der Waals surface area contributed by atoms with Crippen LogP contribution in [0.1, 0.15) is 23.0 Å². The zero-order valence-electron chi connectivity index (χ0n) is 12.3. The first-order chi connectivity index (χ1) is 10.2. The number of thiazole rings is 1. The van der Waals surface area contributed by atoms with E-state index in [1.807, 2.05) is 11.8 Å². The largest absolute Gasteiger partial charge is 0.395 e. The minimum Gasteiger partial charge on any atom is -0.395 e. The molecule has 0 aromatic carbocycles. The molecule has 1 aliphatic rings. The van der Waals surface area contributed by atoms with Gasteiger partial charge in [-0.05, 0) is 19.9 Å². The number of rotatable bonds is 5. The van der Waals surface area contributed by atoms with Crippen LogP contribution in [-0.4, -0.2) is 71.7 Å². The van der Waals surface area contributed by atoms with Gasteiger partial charge in [-0.1, -0.05) is 11.3 Å². The summed E-state index contributed by atoms with van der Waals surface area (Å²) in [4.78, 5) is 21.3. The summed E-state index contributed by atoms with van der Waals surface area (Å²) < 4.78 is 0. The van der Waals surface area contributed by atoms with Crippen molar-refractivity contribution in [2.24, 2.45) is 0 Å². The van der Waals surface area contributed by atoms with Crippen molar-refractivity contribution < 1.29 is 9.90 Å². The van der Waals surface area contributed by atoms with Crippen molar-refractivity contribution in [3.63, 3.8) is 0 Å². The Balaban J connectivity index is 2.02. The third-order valence-corrected chi connectivity index (χ3v) is 4.48. The summed E-state index contributed by atoms with van der Waals surface area (Å²) in [7, 11) is 0. The van der Waals surface area contributed by atoms with Crippen molar-refractivity contribution >= 4 is 28.2 Å². The Morgan fingerprint density at radius 1 is 1.43 bits per heavy atom. The number of carbonyl (C=O) groups is 1. The SMILES string of the molecule is CCNc1nc(N)c(C(=O)N2CCCN(CCO)CC2)s1. The van der Waals surface area contributed by atoms with Gasteiger partial charge in [0, 0.05) is 32.7 Å². The quantitative estimate of drug-likeness (QED) is 0.724. The molecule has 0 aliphatic carbocycles. The van der Waals surface area contributed by atoms with Gasteiger partial charge in [0.15, 0.2) is 5.13 Å². The van der Waals surface area contributed by atoms with Crippen LogP contribution >= 0.6 is 11.3 Å². The van der Waals surface area contributed by atoms with Gasteiger partial charge in [0.05, 0.1) is 6.61 Å². The molecule has 0 bridgehead atoms. The second-order valence-corrected chi connectivity index (χ2v) is 5.97. The van der Waals surface area contributed by atoms with Crippen molar-refractivity contribution in [1.82, 2.24) is 14.8 Å². The monoisotopic (exact) mass is 313 g/mol. The van der Waals surface area contributed by atoms with Crippen LogP contribution in [0.4, 0.5) is 10.9 Å².